The van der Waals surface area contributed by atoms with Gasteiger partial charge in [0.2, 0.25) is 5.91 Å². The molecule has 0 radical (unpaired) electrons. The van der Waals surface area contributed by atoms with E-state index in [0.29, 0.717) is 27.4 Å². The van der Waals surface area contributed by atoms with Crippen LogP contribution in [0.25, 0.3) is 0 Å². The molecule has 3 aliphatic rings. The second kappa shape index (κ2) is 10.2. The van der Waals surface area contributed by atoms with Crippen molar-refractivity contribution in [3.8, 4) is 0 Å². The molecule has 0 saturated carbocycles. The predicted molar refractivity (Wildman–Crippen MR) is 148 cm³/mol. The van der Waals surface area contributed by atoms with Crippen molar-refractivity contribution in [2.45, 2.75) is 19.4 Å². The van der Waals surface area contributed by atoms with Crippen LogP contribution in [0.1, 0.15) is 49.5 Å². The lowest BCUT2D eigenvalue weighted by Gasteiger charge is -2.24. The van der Waals surface area contributed by atoms with E-state index in [0.717, 1.165) is 37.2 Å². The lowest BCUT2D eigenvalue weighted by molar-refractivity contribution is -0.130. The first-order chi connectivity index (χ1) is 18.9. The zero-order chi connectivity index (χ0) is 27.1. The molecule has 0 bridgehead atoms. The molecule has 3 aliphatic heterocycles. The third-order valence-corrected chi connectivity index (χ3v) is 7.97. The third-order valence-electron chi connectivity index (χ3n) is 7.66. The predicted octanol–water partition coefficient (Wildman–Crippen LogP) is 4.23. The topological polar surface area (TPSA) is 81.2 Å². The molecule has 3 aromatic rings. The van der Waals surface area contributed by atoms with Gasteiger partial charge in [-0.15, -0.1) is 0 Å². The maximum absolute atomic E-state index is 13.8. The number of carbonyl (C=O) groups excluding carboxylic acids is 4. The van der Waals surface area contributed by atoms with Gasteiger partial charge in [0.1, 0.15) is 6.54 Å². The summed E-state index contributed by atoms with van der Waals surface area (Å²) in [5, 5.41) is 0.348. The fraction of sp³-hybridized carbons (Fsp3) is 0.267. The molecule has 9 heteroatoms. The molecule has 8 nitrogen and oxygen atoms in total. The number of nitrogens with zero attached hydrogens (tertiary/aromatic N) is 4. The molecular weight excluding hydrogens is 516 g/mol. The average Bonchev–Trinajstić information content (AvgIpc) is 3.54. The summed E-state index contributed by atoms with van der Waals surface area (Å²) in [6, 6.07) is 19.6. The Kier molecular flexibility index (Phi) is 6.56. The summed E-state index contributed by atoms with van der Waals surface area (Å²) in [7, 11) is 0. The molecule has 3 heterocycles. The van der Waals surface area contributed by atoms with Crippen LogP contribution in [0.2, 0.25) is 5.02 Å². The van der Waals surface area contributed by atoms with Crippen molar-refractivity contribution < 1.29 is 19.2 Å². The average molecular weight is 543 g/mol. The zero-order valence-electron chi connectivity index (χ0n) is 21.3. The Morgan fingerprint density at radius 3 is 2.15 bits per heavy atom. The van der Waals surface area contributed by atoms with Crippen molar-refractivity contribution in [1.29, 1.82) is 0 Å². The van der Waals surface area contributed by atoms with Crippen LogP contribution in [-0.4, -0.2) is 66.2 Å². The normalized spacial score (nSPS) is 17.0. The van der Waals surface area contributed by atoms with Crippen molar-refractivity contribution in [1.82, 2.24) is 9.80 Å². The van der Waals surface area contributed by atoms with Gasteiger partial charge in [-0.1, -0.05) is 41.9 Å². The molecule has 1 fully saturated rings. The van der Waals surface area contributed by atoms with Crippen molar-refractivity contribution in [3.05, 3.63) is 94.0 Å². The van der Waals surface area contributed by atoms with E-state index in [2.05, 4.69) is 4.90 Å². The fourth-order valence-corrected chi connectivity index (χ4v) is 5.82. The van der Waals surface area contributed by atoms with Crippen LogP contribution in [0.15, 0.2) is 66.7 Å². The van der Waals surface area contributed by atoms with Gasteiger partial charge in [-0.3, -0.25) is 29.0 Å². The van der Waals surface area contributed by atoms with Gasteiger partial charge in [0.05, 0.1) is 21.7 Å². The van der Waals surface area contributed by atoms with Gasteiger partial charge in [-0.25, -0.2) is 0 Å². The first-order valence-electron chi connectivity index (χ1n) is 13.1. The Morgan fingerprint density at radius 2 is 1.46 bits per heavy atom. The molecule has 3 aromatic carbocycles. The van der Waals surface area contributed by atoms with Crippen LogP contribution in [0.4, 0.5) is 11.4 Å². The van der Waals surface area contributed by atoms with Crippen molar-refractivity contribution in [2.24, 2.45) is 0 Å². The fourth-order valence-electron chi connectivity index (χ4n) is 5.56. The molecule has 0 aromatic heterocycles. The van der Waals surface area contributed by atoms with Crippen LogP contribution < -0.4 is 9.80 Å². The Bertz CT molecular complexity index is 1460. The zero-order valence-corrected chi connectivity index (χ0v) is 22.1. The minimum atomic E-state index is -0.359. The SMILES string of the molecule is O=C1CN(C(=O)c2ccc(N3CCCC3)cc2Cl)c2ccccc2CN1CCN1C(=O)c2ccccc2C1=O. The van der Waals surface area contributed by atoms with Gasteiger partial charge in [0.15, 0.2) is 0 Å². The number of para-hydroxylation sites is 1. The van der Waals surface area contributed by atoms with E-state index in [1.165, 1.54) is 9.80 Å². The molecule has 0 spiro atoms. The summed E-state index contributed by atoms with van der Waals surface area (Å²) in [6.45, 7) is 2.23. The van der Waals surface area contributed by atoms with E-state index in [-0.39, 0.29) is 49.8 Å². The number of benzene rings is 3. The highest BCUT2D eigenvalue weighted by atomic mass is 35.5. The Balaban J connectivity index is 1.22. The van der Waals surface area contributed by atoms with Gasteiger partial charge in [0, 0.05) is 44.1 Å². The largest absolute Gasteiger partial charge is 0.371 e. The number of hydrogen-bond donors (Lipinski definition) is 0. The maximum atomic E-state index is 13.8. The molecule has 0 atom stereocenters. The van der Waals surface area contributed by atoms with E-state index in [9.17, 15) is 19.2 Å². The number of fused-ring (bicyclic) bond motifs is 2. The molecule has 39 heavy (non-hydrogen) atoms. The molecule has 198 valence electrons. The number of anilines is 2. The quantitative estimate of drug-likeness (QED) is 0.451. The number of carbonyl (C=O) groups is 4. The molecule has 0 unspecified atom stereocenters. The number of rotatable bonds is 5. The molecule has 4 amide bonds. The Labute approximate surface area is 231 Å². The lowest BCUT2D eigenvalue weighted by Crippen LogP contribution is -2.44. The third kappa shape index (κ3) is 4.55. The van der Waals surface area contributed by atoms with Crippen LogP contribution in [0.5, 0.6) is 0 Å². The second-order valence-electron chi connectivity index (χ2n) is 10.0. The van der Waals surface area contributed by atoms with E-state index in [1.807, 2.05) is 36.4 Å². The monoisotopic (exact) mass is 542 g/mol. The van der Waals surface area contributed by atoms with Crippen LogP contribution >= 0.6 is 11.6 Å². The lowest BCUT2D eigenvalue weighted by atomic mass is 10.1. The minimum absolute atomic E-state index is 0.0675. The van der Waals surface area contributed by atoms with E-state index in [1.54, 1.807) is 35.2 Å². The second-order valence-corrected chi connectivity index (χ2v) is 10.4. The van der Waals surface area contributed by atoms with E-state index >= 15 is 0 Å². The van der Waals surface area contributed by atoms with Gasteiger partial charge in [-0.05, 0) is 54.8 Å². The standard InChI is InChI=1S/C30H27ClN4O4/c31-25-17-21(32-13-5-6-14-32)11-12-24(25)30(39)35-19-27(36)33(18-20-7-1-4-10-26(20)35)15-16-34-28(37)22-8-2-3-9-23(22)29(34)38/h1-4,7-12,17H,5-6,13-16,18-19H2. The summed E-state index contributed by atoms with van der Waals surface area (Å²) in [6.07, 6.45) is 2.27. The molecule has 0 aliphatic carbocycles. The Hall–Kier alpha value is -4.17. The summed E-state index contributed by atoms with van der Waals surface area (Å²) in [4.78, 5) is 59.3. The number of amides is 4. The summed E-state index contributed by atoms with van der Waals surface area (Å²) in [5.41, 5.74) is 3.50. The van der Waals surface area contributed by atoms with Crippen LogP contribution in [0, 0.1) is 0 Å². The van der Waals surface area contributed by atoms with Crippen LogP contribution in [0.3, 0.4) is 0 Å². The highest BCUT2D eigenvalue weighted by Gasteiger charge is 2.36. The Morgan fingerprint density at radius 1 is 0.795 bits per heavy atom. The van der Waals surface area contributed by atoms with Gasteiger partial charge in [0.25, 0.3) is 17.7 Å². The number of hydrogen-bond acceptors (Lipinski definition) is 5. The maximum Gasteiger partial charge on any atom is 0.261 e. The molecule has 1 saturated heterocycles. The highest BCUT2D eigenvalue weighted by Crippen LogP contribution is 2.31. The highest BCUT2D eigenvalue weighted by molar-refractivity contribution is 6.35. The smallest absolute Gasteiger partial charge is 0.261 e. The number of imide groups is 1. The van der Waals surface area contributed by atoms with E-state index in [4.69, 9.17) is 11.6 Å². The van der Waals surface area contributed by atoms with Crippen molar-refractivity contribution in [2.75, 3.05) is 42.5 Å². The van der Waals surface area contributed by atoms with Crippen LogP contribution in [-0.2, 0) is 11.3 Å². The minimum Gasteiger partial charge on any atom is -0.371 e. The molecular formula is C30H27ClN4O4. The van der Waals surface area contributed by atoms with Crippen molar-refractivity contribution >= 4 is 46.6 Å². The summed E-state index contributed by atoms with van der Waals surface area (Å²) in [5.74, 6) is -1.35. The first kappa shape index (κ1) is 25.1. The summed E-state index contributed by atoms with van der Waals surface area (Å²) >= 11 is 6.60. The van der Waals surface area contributed by atoms with Gasteiger partial charge < -0.3 is 9.80 Å². The van der Waals surface area contributed by atoms with Crippen molar-refractivity contribution in [3.63, 3.8) is 0 Å². The van der Waals surface area contributed by atoms with Gasteiger partial charge in [-0.2, -0.15) is 0 Å². The van der Waals surface area contributed by atoms with Gasteiger partial charge >= 0.3 is 0 Å². The first-order valence-corrected chi connectivity index (χ1v) is 13.5. The van der Waals surface area contributed by atoms with E-state index < -0.39 is 0 Å². The summed E-state index contributed by atoms with van der Waals surface area (Å²) < 4.78 is 0. The molecule has 6 rings (SSSR count). The number of halogens is 1. The molecule has 0 N–H and O–H groups in total.